The highest BCUT2D eigenvalue weighted by atomic mass is 14.9. The Hall–Kier alpha value is -7.41. The molecule has 1 aliphatic rings. The van der Waals surface area contributed by atoms with E-state index in [2.05, 4.69) is 193 Å². The van der Waals surface area contributed by atoms with E-state index in [0.717, 1.165) is 50.2 Å². The van der Waals surface area contributed by atoms with E-state index in [1.54, 1.807) is 0 Å². The van der Waals surface area contributed by atoms with Crippen molar-refractivity contribution in [3.05, 3.63) is 199 Å². The fraction of sp³-hybridized carbons (Fsp3) is 0. The quantitative estimate of drug-likeness (QED) is 0.129. The minimum Gasteiger partial charge on any atom is -0.228 e. The SMILES string of the molecule is C1=C=NC=C(c2cccc(-c3cc(-c4cccc5ccccc45)nc(-c4cccc(-c5c6ccccc6c(-c6ccccc6)c6ccccc56)c4)n3)c2)C=1. The first kappa shape index (κ1) is 31.3. The fourth-order valence-electron chi connectivity index (χ4n) is 7.78. The largest absolute Gasteiger partial charge is 0.228 e. The third-order valence-corrected chi connectivity index (χ3v) is 10.2. The van der Waals surface area contributed by atoms with Gasteiger partial charge in [-0.05, 0) is 90.1 Å². The minimum absolute atomic E-state index is 0.668. The molecule has 3 heteroatoms. The van der Waals surface area contributed by atoms with Gasteiger partial charge in [-0.25, -0.2) is 15.0 Å². The van der Waals surface area contributed by atoms with Gasteiger partial charge in [0.15, 0.2) is 5.82 Å². The summed E-state index contributed by atoms with van der Waals surface area (Å²) in [6, 6.07) is 62.4. The Morgan fingerprint density at radius 2 is 0.926 bits per heavy atom. The van der Waals surface area contributed by atoms with Crippen LogP contribution in [0.25, 0.3) is 94.0 Å². The summed E-state index contributed by atoms with van der Waals surface area (Å²) < 4.78 is 0. The number of fused-ring (bicyclic) bond motifs is 3. The van der Waals surface area contributed by atoms with Crippen molar-refractivity contribution in [1.82, 2.24) is 9.97 Å². The molecule has 3 nitrogen and oxygen atoms in total. The number of allylic oxidation sites excluding steroid dienone is 2. The van der Waals surface area contributed by atoms with Crippen molar-refractivity contribution in [2.24, 2.45) is 4.99 Å². The molecule has 0 saturated heterocycles. The van der Waals surface area contributed by atoms with Gasteiger partial charge in [-0.3, -0.25) is 0 Å². The predicted octanol–water partition coefficient (Wildman–Crippen LogP) is 13.0. The summed E-state index contributed by atoms with van der Waals surface area (Å²) in [5, 5.41) is 7.19. The summed E-state index contributed by atoms with van der Waals surface area (Å²) in [5.41, 5.74) is 14.5. The van der Waals surface area contributed by atoms with Gasteiger partial charge >= 0.3 is 0 Å². The Kier molecular flexibility index (Phi) is 7.71. The standard InChI is InChI=1S/C51H31N3/c1-2-15-35(16-3-1)49-43-24-6-8-26-45(43)50(46-27-9-7-25-44(46)49)38-20-11-21-39(31-38)51-53-47(37-19-10-18-36(30-37)40-22-13-29-52-33-40)32-48(54-51)42-28-12-17-34-14-4-5-23-41(34)42/h1-12,14-28,30-33H. The van der Waals surface area contributed by atoms with Gasteiger partial charge in [0.05, 0.1) is 11.4 Å². The third kappa shape index (κ3) is 5.55. The summed E-state index contributed by atoms with van der Waals surface area (Å²) in [5.74, 6) is 3.43. The van der Waals surface area contributed by atoms with Crippen molar-refractivity contribution in [3.8, 4) is 56.2 Å². The summed E-state index contributed by atoms with van der Waals surface area (Å²) >= 11 is 0. The second-order valence-corrected chi connectivity index (χ2v) is 13.5. The van der Waals surface area contributed by atoms with Crippen LogP contribution in [0.3, 0.4) is 0 Å². The summed E-state index contributed by atoms with van der Waals surface area (Å²) in [7, 11) is 0. The maximum Gasteiger partial charge on any atom is 0.160 e. The number of aromatic nitrogens is 2. The molecule has 0 saturated carbocycles. The molecule has 0 amide bonds. The van der Waals surface area contributed by atoms with Crippen LogP contribution in [-0.4, -0.2) is 15.8 Å². The smallest absolute Gasteiger partial charge is 0.160 e. The lowest BCUT2D eigenvalue weighted by molar-refractivity contribution is 1.18. The average Bonchev–Trinajstić information content (AvgIpc) is 3.26. The molecule has 0 atom stereocenters. The lowest BCUT2D eigenvalue weighted by Crippen LogP contribution is -1.97. The van der Waals surface area contributed by atoms with Crippen molar-refractivity contribution < 1.29 is 0 Å². The summed E-state index contributed by atoms with van der Waals surface area (Å²) in [6.07, 6.45) is 3.72. The van der Waals surface area contributed by atoms with E-state index in [9.17, 15) is 0 Å². The minimum atomic E-state index is 0.668. The van der Waals surface area contributed by atoms with Gasteiger partial charge < -0.3 is 0 Å². The van der Waals surface area contributed by atoms with Crippen LogP contribution in [-0.2, 0) is 0 Å². The van der Waals surface area contributed by atoms with Crippen LogP contribution in [0.4, 0.5) is 0 Å². The van der Waals surface area contributed by atoms with E-state index in [4.69, 9.17) is 9.97 Å². The Morgan fingerprint density at radius 1 is 0.389 bits per heavy atom. The maximum atomic E-state index is 5.31. The number of benzene rings is 8. The Balaban J connectivity index is 1.19. The Morgan fingerprint density at radius 3 is 1.65 bits per heavy atom. The van der Waals surface area contributed by atoms with Gasteiger partial charge in [-0.15, -0.1) is 0 Å². The Bertz CT molecular complexity index is 3010. The topological polar surface area (TPSA) is 38.1 Å². The molecule has 54 heavy (non-hydrogen) atoms. The fourth-order valence-corrected chi connectivity index (χ4v) is 7.78. The normalized spacial score (nSPS) is 12.1. The molecule has 1 aliphatic heterocycles. The number of hydrogen-bond donors (Lipinski definition) is 0. The molecule has 0 aliphatic carbocycles. The maximum absolute atomic E-state index is 5.31. The molecule has 0 bridgehead atoms. The van der Waals surface area contributed by atoms with Gasteiger partial charge in [0.25, 0.3) is 0 Å². The monoisotopic (exact) mass is 685 g/mol. The molecular formula is C51H31N3. The zero-order chi connectivity index (χ0) is 35.8. The highest BCUT2D eigenvalue weighted by molar-refractivity contribution is 6.21. The zero-order valence-electron chi connectivity index (χ0n) is 29.2. The second-order valence-electron chi connectivity index (χ2n) is 13.5. The van der Waals surface area contributed by atoms with Gasteiger partial charge in [0.2, 0.25) is 0 Å². The first-order valence-corrected chi connectivity index (χ1v) is 18.1. The molecule has 250 valence electrons. The number of aliphatic imine (C=N–C) groups is 1. The predicted molar refractivity (Wildman–Crippen MR) is 225 cm³/mol. The van der Waals surface area contributed by atoms with E-state index in [0.29, 0.717) is 5.82 Å². The highest BCUT2D eigenvalue weighted by Crippen LogP contribution is 2.44. The van der Waals surface area contributed by atoms with E-state index in [-0.39, 0.29) is 0 Å². The molecule has 0 radical (unpaired) electrons. The van der Waals surface area contributed by atoms with Gasteiger partial charge in [-0.2, -0.15) is 0 Å². The van der Waals surface area contributed by atoms with Crippen LogP contribution in [0.15, 0.2) is 199 Å². The number of nitrogens with zero attached hydrogens (tertiary/aromatic N) is 3. The molecule has 8 aromatic carbocycles. The lowest BCUT2D eigenvalue weighted by Gasteiger charge is -2.18. The molecule has 0 N–H and O–H groups in total. The first-order valence-electron chi connectivity index (χ1n) is 18.1. The van der Waals surface area contributed by atoms with E-state index < -0.39 is 0 Å². The summed E-state index contributed by atoms with van der Waals surface area (Å²) in [4.78, 5) is 14.8. The lowest BCUT2D eigenvalue weighted by atomic mass is 9.85. The average molecular weight is 686 g/mol. The molecular weight excluding hydrogens is 655 g/mol. The molecule has 1 aromatic heterocycles. The van der Waals surface area contributed by atoms with Crippen molar-refractivity contribution in [2.45, 2.75) is 0 Å². The van der Waals surface area contributed by atoms with Crippen LogP contribution < -0.4 is 0 Å². The van der Waals surface area contributed by atoms with Crippen LogP contribution >= 0.6 is 0 Å². The number of rotatable bonds is 6. The van der Waals surface area contributed by atoms with Crippen LogP contribution in [0, 0.1) is 0 Å². The number of hydrogen-bond acceptors (Lipinski definition) is 3. The van der Waals surface area contributed by atoms with Gasteiger partial charge in [0, 0.05) is 34.3 Å². The van der Waals surface area contributed by atoms with Gasteiger partial charge in [-0.1, -0.05) is 158 Å². The van der Waals surface area contributed by atoms with Crippen LogP contribution in [0.1, 0.15) is 5.56 Å². The van der Waals surface area contributed by atoms with E-state index >= 15 is 0 Å². The third-order valence-electron chi connectivity index (χ3n) is 10.2. The molecule has 0 fully saturated rings. The first-order chi connectivity index (χ1) is 26.8. The van der Waals surface area contributed by atoms with E-state index in [1.807, 2.05) is 12.3 Å². The van der Waals surface area contributed by atoms with Crippen LogP contribution in [0.5, 0.6) is 0 Å². The second kappa shape index (κ2) is 13.3. The van der Waals surface area contributed by atoms with Crippen molar-refractivity contribution in [1.29, 1.82) is 0 Å². The van der Waals surface area contributed by atoms with Crippen molar-refractivity contribution in [3.63, 3.8) is 0 Å². The van der Waals surface area contributed by atoms with Crippen molar-refractivity contribution >= 4 is 43.8 Å². The van der Waals surface area contributed by atoms with Gasteiger partial charge in [0.1, 0.15) is 0 Å². The Labute approximate surface area is 313 Å². The van der Waals surface area contributed by atoms with E-state index in [1.165, 1.54) is 43.6 Å². The van der Waals surface area contributed by atoms with Crippen molar-refractivity contribution in [2.75, 3.05) is 0 Å². The molecule has 0 unspecified atom stereocenters. The highest BCUT2D eigenvalue weighted by Gasteiger charge is 2.18. The summed E-state index contributed by atoms with van der Waals surface area (Å²) in [6.45, 7) is 0. The zero-order valence-corrected chi connectivity index (χ0v) is 29.2. The molecule has 10 rings (SSSR count). The molecule has 0 spiro atoms. The molecule has 9 aromatic rings. The molecule has 2 heterocycles. The van der Waals surface area contributed by atoms with Crippen LogP contribution in [0.2, 0.25) is 0 Å².